The van der Waals surface area contributed by atoms with Crippen LogP contribution in [0.3, 0.4) is 0 Å². The predicted molar refractivity (Wildman–Crippen MR) is 111 cm³/mol. The van der Waals surface area contributed by atoms with Crippen molar-refractivity contribution in [1.29, 1.82) is 0 Å². The number of pyridine rings is 1. The molecule has 2 fully saturated rings. The van der Waals surface area contributed by atoms with Crippen molar-refractivity contribution in [2.45, 2.75) is 56.6 Å². The summed E-state index contributed by atoms with van der Waals surface area (Å²) in [5, 5.41) is 4.83. The van der Waals surface area contributed by atoms with Gasteiger partial charge >= 0.3 is 0 Å². The molecule has 3 aromatic rings. The van der Waals surface area contributed by atoms with Crippen molar-refractivity contribution < 1.29 is 4.74 Å². The van der Waals surface area contributed by atoms with Crippen molar-refractivity contribution in [3.05, 3.63) is 48.8 Å². The molecular formula is C23H26N4O. The predicted octanol–water partition coefficient (Wildman–Crippen LogP) is 4.99. The Bertz CT molecular complexity index is 948. The number of aromatic nitrogens is 3. The zero-order chi connectivity index (χ0) is 18.8. The molecule has 1 saturated carbocycles. The highest BCUT2D eigenvalue weighted by molar-refractivity contribution is 5.90. The Labute approximate surface area is 165 Å². The molecule has 0 amide bonds. The lowest BCUT2D eigenvalue weighted by Gasteiger charge is -2.43. The lowest BCUT2D eigenvalue weighted by atomic mass is 9.78. The zero-order valence-corrected chi connectivity index (χ0v) is 16.1. The van der Waals surface area contributed by atoms with Gasteiger partial charge in [-0.15, -0.1) is 0 Å². The molecule has 1 spiro atoms. The second-order valence-electron chi connectivity index (χ2n) is 8.08. The van der Waals surface area contributed by atoms with Crippen LogP contribution in [-0.2, 0) is 4.74 Å². The number of nitrogens with zero attached hydrogens (tertiary/aromatic N) is 3. The normalized spacial score (nSPS) is 21.6. The van der Waals surface area contributed by atoms with Crippen LogP contribution in [0.5, 0.6) is 0 Å². The summed E-state index contributed by atoms with van der Waals surface area (Å²) < 4.78 is 6.28. The fourth-order valence-electron chi connectivity index (χ4n) is 4.71. The van der Waals surface area contributed by atoms with E-state index in [1.54, 1.807) is 12.4 Å². The lowest BCUT2D eigenvalue weighted by Crippen LogP contribution is -2.45. The third-order valence-corrected chi connectivity index (χ3v) is 6.14. The molecule has 1 saturated heterocycles. The van der Waals surface area contributed by atoms with Crippen molar-refractivity contribution >= 4 is 16.7 Å². The first kappa shape index (κ1) is 17.6. The molecule has 3 heterocycles. The second-order valence-corrected chi connectivity index (χ2v) is 8.08. The van der Waals surface area contributed by atoms with Gasteiger partial charge in [0.1, 0.15) is 5.82 Å². The number of anilines is 1. The van der Waals surface area contributed by atoms with Gasteiger partial charge in [-0.25, -0.2) is 9.97 Å². The van der Waals surface area contributed by atoms with Crippen LogP contribution in [0.15, 0.2) is 48.8 Å². The maximum atomic E-state index is 6.28. The number of benzene rings is 1. The van der Waals surface area contributed by atoms with Crippen LogP contribution < -0.4 is 5.32 Å². The molecule has 2 aliphatic rings. The van der Waals surface area contributed by atoms with Crippen LogP contribution in [-0.4, -0.2) is 33.2 Å². The summed E-state index contributed by atoms with van der Waals surface area (Å²) in [4.78, 5) is 13.8. The number of para-hydroxylation sites is 1. The summed E-state index contributed by atoms with van der Waals surface area (Å²) in [5.41, 5.74) is 2.02. The van der Waals surface area contributed by atoms with Gasteiger partial charge in [-0.2, -0.15) is 0 Å². The first-order chi connectivity index (χ1) is 13.8. The number of hydrogen-bond donors (Lipinski definition) is 1. The van der Waals surface area contributed by atoms with Crippen molar-refractivity contribution in [1.82, 2.24) is 15.0 Å². The minimum absolute atomic E-state index is 0.0743. The molecule has 1 N–H and O–H groups in total. The third-order valence-electron chi connectivity index (χ3n) is 6.14. The molecule has 5 nitrogen and oxygen atoms in total. The highest BCUT2D eigenvalue weighted by atomic mass is 16.5. The molecule has 0 radical (unpaired) electrons. The van der Waals surface area contributed by atoms with E-state index in [4.69, 9.17) is 14.7 Å². The molecule has 144 valence electrons. The van der Waals surface area contributed by atoms with Gasteiger partial charge in [-0.1, -0.05) is 31.4 Å². The van der Waals surface area contributed by atoms with Crippen LogP contribution in [0.4, 0.5) is 5.82 Å². The Balaban J connectivity index is 1.48. The molecule has 1 aliphatic carbocycles. The average Bonchev–Trinajstić information content (AvgIpc) is 2.75. The Morgan fingerprint density at radius 2 is 1.79 bits per heavy atom. The number of fused-ring (bicyclic) bond motifs is 1. The van der Waals surface area contributed by atoms with Gasteiger partial charge < -0.3 is 10.1 Å². The second kappa shape index (κ2) is 7.47. The van der Waals surface area contributed by atoms with Gasteiger partial charge in [0, 0.05) is 36.0 Å². The van der Waals surface area contributed by atoms with Gasteiger partial charge in [-0.3, -0.25) is 4.98 Å². The molecule has 5 rings (SSSR count). The Kier molecular flexibility index (Phi) is 4.69. The Morgan fingerprint density at radius 3 is 2.64 bits per heavy atom. The molecule has 1 unspecified atom stereocenters. The van der Waals surface area contributed by atoms with Gasteiger partial charge in [0.05, 0.1) is 11.1 Å². The highest BCUT2D eigenvalue weighted by Gasteiger charge is 2.38. The molecular weight excluding hydrogens is 348 g/mol. The Hall–Kier alpha value is -2.53. The van der Waals surface area contributed by atoms with E-state index >= 15 is 0 Å². The standard InChI is InChI=1S/C23H26N4O/c1-4-11-23(12-5-1)16-18(10-15-28-23)25-22-19-6-2-3-7-20(19)26-21(27-22)17-8-13-24-14-9-17/h2-3,6-9,13-14,18H,1,4-5,10-12,15-16H2,(H,25,26,27). The van der Waals surface area contributed by atoms with Crippen LogP contribution in [0.2, 0.25) is 0 Å². The van der Waals surface area contributed by atoms with Crippen molar-refractivity contribution in [3.63, 3.8) is 0 Å². The van der Waals surface area contributed by atoms with E-state index in [0.29, 0.717) is 6.04 Å². The molecule has 2 aromatic heterocycles. The molecule has 5 heteroatoms. The number of hydrogen-bond acceptors (Lipinski definition) is 5. The first-order valence-electron chi connectivity index (χ1n) is 10.4. The summed E-state index contributed by atoms with van der Waals surface area (Å²) in [6, 6.07) is 12.5. The van der Waals surface area contributed by atoms with E-state index in [2.05, 4.69) is 28.5 Å². The topological polar surface area (TPSA) is 59.9 Å². The number of rotatable bonds is 3. The van der Waals surface area contributed by atoms with Gasteiger partial charge in [-0.05, 0) is 49.9 Å². The number of nitrogens with one attached hydrogen (secondary N) is 1. The van der Waals surface area contributed by atoms with E-state index in [1.807, 2.05) is 18.2 Å². The van der Waals surface area contributed by atoms with Crippen LogP contribution in [0.1, 0.15) is 44.9 Å². The monoisotopic (exact) mass is 374 g/mol. The highest BCUT2D eigenvalue weighted by Crippen LogP contribution is 2.39. The molecule has 1 atom stereocenters. The largest absolute Gasteiger partial charge is 0.375 e. The molecule has 28 heavy (non-hydrogen) atoms. The van der Waals surface area contributed by atoms with E-state index in [-0.39, 0.29) is 5.60 Å². The SMILES string of the molecule is c1ccc2c(NC3CCOC4(CCCCC4)C3)nc(-c3ccncc3)nc2c1. The van der Waals surface area contributed by atoms with Gasteiger partial charge in [0.25, 0.3) is 0 Å². The van der Waals surface area contributed by atoms with Gasteiger partial charge in [0.2, 0.25) is 0 Å². The van der Waals surface area contributed by atoms with Crippen molar-refractivity contribution in [3.8, 4) is 11.4 Å². The lowest BCUT2D eigenvalue weighted by molar-refractivity contribution is -0.103. The number of ether oxygens (including phenoxy) is 1. The minimum atomic E-state index is 0.0743. The van der Waals surface area contributed by atoms with E-state index in [9.17, 15) is 0 Å². The average molecular weight is 374 g/mol. The zero-order valence-electron chi connectivity index (χ0n) is 16.1. The van der Waals surface area contributed by atoms with Crippen molar-refractivity contribution in [2.75, 3.05) is 11.9 Å². The molecule has 1 aliphatic heterocycles. The molecule has 1 aromatic carbocycles. The third kappa shape index (κ3) is 3.47. The van der Waals surface area contributed by atoms with E-state index in [0.717, 1.165) is 47.6 Å². The van der Waals surface area contributed by atoms with Crippen LogP contribution >= 0.6 is 0 Å². The fourth-order valence-corrected chi connectivity index (χ4v) is 4.71. The maximum Gasteiger partial charge on any atom is 0.162 e. The van der Waals surface area contributed by atoms with Crippen LogP contribution in [0.25, 0.3) is 22.3 Å². The Morgan fingerprint density at radius 1 is 0.964 bits per heavy atom. The molecule has 0 bridgehead atoms. The summed E-state index contributed by atoms with van der Waals surface area (Å²) in [7, 11) is 0. The van der Waals surface area contributed by atoms with Crippen LogP contribution in [0, 0.1) is 0 Å². The summed E-state index contributed by atoms with van der Waals surface area (Å²) in [6.45, 7) is 0.831. The summed E-state index contributed by atoms with van der Waals surface area (Å²) in [6.07, 6.45) is 12.0. The minimum Gasteiger partial charge on any atom is -0.375 e. The summed E-state index contributed by atoms with van der Waals surface area (Å²) >= 11 is 0. The van der Waals surface area contributed by atoms with Crippen molar-refractivity contribution in [2.24, 2.45) is 0 Å². The fraction of sp³-hybridized carbons (Fsp3) is 0.435. The maximum absolute atomic E-state index is 6.28. The first-order valence-corrected chi connectivity index (χ1v) is 10.4. The smallest absolute Gasteiger partial charge is 0.162 e. The quantitative estimate of drug-likeness (QED) is 0.700. The van der Waals surface area contributed by atoms with E-state index in [1.165, 1.54) is 32.1 Å². The summed E-state index contributed by atoms with van der Waals surface area (Å²) in [5.74, 6) is 1.67. The van der Waals surface area contributed by atoms with E-state index < -0.39 is 0 Å². The van der Waals surface area contributed by atoms with Gasteiger partial charge in [0.15, 0.2) is 5.82 Å².